The van der Waals surface area contributed by atoms with E-state index in [1.807, 2.05) is 67.6 Å². The molecule has 0 unspecified atom stereocenters. The molecule has 0 fully saturated rings. The molecule has 1 N–H and O–H groups in total. The van der Waals surface area contributed by atoms with E-state index in [0.717, 1.165) is 15.6 Å². The Bertz CT molecular complexity index is 1150. The molecule has 0 spiro atoms. The zero-order chi connectivity index (χ0) is 26.1. The fraction of sp³-hybridized carbons (Fsp3) is 0.310. The van der Waals surface area contributed by atoms with Crippen molar-refractivity contribution in [3.63, 3.8) is 0 Å². The van der Waals surface area contributed by atoms with Gasteiger partial charge >= 0.3 is 0 Å². The van der Waals surface area contributed by atoms with Gasteiger partial charge in [-0.2, -0.15) is 0 Å². The minimum absolute atomic E-state index is 0.197. The van der Waals surface area contributed by atoms with E-state index in [0.29, 0.717) is 29.7 Å². The summed E-state index contributed by atoms with van der Waals surface area (Å²) in [6.07, 6.45) is 0.388. The molecule has 3 aromatic carbocycles. The minimum Gasteiger partial charge on any atom is -0.483 e. The molecular formula is C29H32BrClN2O3. The van der Waals surface area contributed by atoms with Gasteiger partial charge in [-0.25, -0.2) is 0 Å². The SMILES string of the molecule is CCNC(=O)[C@@H](Cc1ccccc1)N(Cc1ccc(Cl)cc1)C(=O)COc1ccc(C(C)C)cc1Br. The van der Waals surface area contributed by atoms with E-state index in [1.54, 1.807) is 17.0 Å². The lowest BCUT2D eigenvalue weighted by atomic mass is 10.0. The number of hydrogen-bond acceptors (Lipinski definition) is 3. The third-order valence-corrected chi connectivity index (χ3v) is 6.73. The van der Waals surface area contributed by atoms with Crippen LogP contribution in [0.4, 0.5) is 0 Å². The van der Waals surface area contributed by atoms with Crippen LogP contribution < -0.4 is 10.1 Å². The molecule has 0 aromatic heterocycles. The van der Waals surface area contributed by atoms with Crippen molar-refractivity contribution in [2.24, 2.45) is 0 Å². The Labute approximate surface area is 226 Å². The lowest BCUT2D eigenvalue weighted by Gasteiger charge is -2.31. The third-order valence-electron chi connectivity index (χ3n) is 5.86. The van der Waals surface area contributed by atoms with Crippen LogP contribution in [0.2, 0.25) is 5.02 Å². The lowest BCUT2D eigenvalue weighted by Crippen LogP contribution is -2.51. The van der Waals surface area contributed by atoms with Crippen molar-refractivity contribution in [1.82, 2.24) is 10.2 Å². The van der Waals surface area contributed by atoms with Gasteiger partial charge in [-0.05, 0) is 69.7 Å². The summed E-state index contributed by atoms with van der Waals surface area (Å²) in [4.78, 5) is 28.4. The number of carbonyl (C=O) groups excluding carboxylic acids is 2. The summed E-state index contributed by atoms with van der Waals surface area (Å²) in [5.41, 5.74) is 3.01. The highest BCUT2D eigenvalue weighted by Gasteiger charge is 2.30. The number of amides is 2. The Morgan fingerprint density at radius 2 is 1.69 bits per heavy atom. The van der Waals surface area contributed by atoms with Gasteiger partial charge in [0.1, 0.15) is 11.8 Å². The number of likely N-dealkylation sites (N-methyl/N-ethyl adjacent to an activating group) is 1. The molecule has 0 aliphatic heterocycles. The normalized spacial score (nSPS) is 11.7. The zero-order valence-electron chi connectivity index (χ0n) is 20.8. The first kappa shape index (κ1) is 27.8. The summed E-state index contributed by atoms with van der Waals surface area (Å²) in [6.45, 7) is 6.63. The van der Waals surface area contributed by atoms with E-state index in [9.17, 15) is 9.59 Å². The summed E-state index contributed by atoms with van der Waals surface area (Å²) >= 11 is 9.62. The maximum atomic E-state index is 13.6. The second-order valence-electron chi connectivity index (χ2n) is 8.88. The van der Waals surface area contributed by atoms with Gasteiger partial charge in [-0.1, -0.05) is 74.0 Å². The van der Waals surface area contributed by atoms with Crippen molar-refractivity contribution in [1.29, 1.82) is 0 Å². The number of halogens is 2. The average molecular weight is 572 g/mol. The van der Waals surface area contributed by atoms with E-state index >= 15 is 0 Å². The van der Waals surface area contributed by atoms with Crippen molar-refractivity contribution in [2.45, 2.75) is 45.7 Å². The molecule has 190 valence electrons. The predicted molar refractivity (Wildman–Crippen MR) is 148 cm³/mol. The standard InChI is InChI=1S/C29H32BrClN2O3/c1-4-32-29(35)26(16-21-8-6-5-7-9-21)33(18-22-10-13-24(31)14-11-22)28(34)19-36-27-15-12-23(20(2)3)17-25(27)30/h5-15,17,20,26H,4,16,18-19H2,1-3H3,(H,32,35)/t26-/m1/s1. The topological polar surface area (TPSA) is 58.6 Å². The first-order chi connectivity index (χ1) is 17.3. The average Bonchev–Trinajstić information content (AvgIpc) is 2.87. The number of rotatable bonds is 11. The highest BCUT2D eigenvalue weighted by atomic mass is 79.9. The van der Waals surface area contributed by atoms with Gasteiger partial charge in [0.15, 0.2) is 6.61 Å². The molecule has 1 atom stereocenters. The molecule has 0 aliphatic carbocycles. The van der Waals surface area contributed by atoms with Gasteiger partial charge in [0.2, 0.25) is 5.91 Å². The van der Waals surface area contributed by atoms with Gasteiger partial charge in [0.05, 0.1) is 4.47 Å². The van der Waals surface area contributed by atoms with Crippen molar-refractivity contribution in [3.8, 4) is 5.75 Å². The molecule has 0 saturated carbocycles. The molecule has 0 aliphatic rings. The van der Waals surface area contributed by atoms with Gasteiger partial charge < -0.3 is 15.0 Å². The summed E-state index contributed by atoms with van der Waals surface area (Å²) in [5, 5.41) is 3.50. The number of hydrogen-bond donors (Lipinski definition) is 1. The summed E-state index contributed by atoms with van der Waals surface area (Å²) in [7, 11) is 0. The Balaban J connectivity index is 1.88. The van der Waals surface area contributed by atoms with Crippen LogP contribution in [-0.2, 0) is 22.6 Å². The fourth-order valence-electron chi connectivity index (χ4n) is 3.85. The number of nitrogens with one attached hydrogen (secondary N) is 1. The second-order valence-corrected chi connectivity index (χ2v) is 10.2. The maximum Gasteiger partial charge on any atom is 0.261 e. The molecule has 2 amide bonds. The fourth-order valence-corrected chi connectivity index (χ4v) is 4.49. The third kappa shape index (κ3) is 7.84. The molecule has 7 heteroatoms. The van der Waals surface area contributed by atoms with Crippen molar-refractivity contribution >= 4 is 39.3 Å². The second kappa shape index (κ2) is 13.5. The zero-order valence-corrected chi connectivity index (χ0v) is 23.2. The van der Waals surface area contributed by atoms with Gasteiger partial charge in [-0.15, -0.1) is 0 Å². The van der Waals surface area contributed by atoms with Crippen LogP contribution in [0, 0.1) is 0 Å². The largest absolute Gasteiger partial charge is 0.483 e. The van der Waals surface area contributed by atoms with Gasteiger partial charge in [0.25, 0.3) is 5.91 Å². The molecule has 36 heavy (non-hydrogen) atoms. The van der Waals surface area contributed by atoms with Crippen molar-refractivity contribution < 1.29 is 14.3 Å². The highest BCUT2D eigenvalue weighted by Crippen LogP contribution is 2.29. The van der Waals surface area contributed by atoms with Crippen LogP contribution in [0.3, 0.4) is 0 Å². The van der Waals surface area contributed by atoms with Gasteiger partial charge in [0, 0.05) is 24.5 Å². The number of nitrogens with zero attached hydrogens (tertiary/aromatic N) is 1. The number of ether oxygens (including phenoxy) is 1. The number of carbonyl (C=O) groups is 2. The smallest absolute Gasteiger partial charge is 0.261 e. The Hall–Kier alpha value is -2.83. The molecule has 0 bridgehead atoms. The molecule has 3 rings (SSSR count). The summed E-state index contributed by atoms with van der Waals surface area (Å²) < 4.78 is 6.71. The molecule has 0 radical (unpaired) electrons. The first-order valence-corrected chi connectivity index (χ1v) is 13.2. The lowest BCUT2D eigenvalue weighted by molar-refractivity contribution is -0.142. The molecule has 0 heterocycles. The minimum atomic E-state index is -0.703. The molecule has 0 saturated heterocycles. The highest BCUT2D eigenvalue weighted by molar-refractivity contribution is 9.10. The van der Waals surface area contributed by atoms with Crippen LogP contribution >= 0.6 is 27.5 Å². The van der Waals surface area contributed by atoms with E-state index in [4.69, 9.17) is 16.3 Å². The van der Waals surface area contributed by atoms with E-state index in [-0.39, 0.29) is 25.0 Å². The summed E-state index contributed by atoms with van der Waals surface area (Å²) in [6, 6.07) is 22.1. The monoisotopic (exact) mass is 570 g/mol. The van der Waals surface area contributed by atoms with E-state index in [1.165, 1.54) is 5.56 Å². The maximum absolute atomic E-state index is 13.6. The Morgan fingerprint density at radius 3 is 2.31 bits per heavy atom. The van der Waals surface area contributed by atoms with Crippen LogP contribution in [0.25, 0.3) is 0 Å². The molecule has 3 aromatic rings. The predicted octanol–water partition coefficient (Wildman–Crippen LogP) is 6.38. The first-order valence-electron chi connectivity index (χ1n) is 12.1. The molecule has 5 nitrogen and oxygen atoms in total. The van der Waals surface area contributed by atoms with Crippen LogP contribution in [0.15, 0.2) is 77.3 Å². The Morgan fingerprint density at radius 1 is 1.00 bits per heavy atom. The van der Waals surface area contributed by atoms with E-state index in [2.05, 4.69) is 35.1 Å². The van der Waals surface area contributed by atoms with Crippen LogP contribution in [-0.4, -0.2) is 35.9 Å². The van der Waals surface area contributed by atoms with Crippen LogP contribution in [0.1, 0.15) is 43.4 Å². The van der Waals surface area contributed by atoms with Crippen LogP contribution in [0.5, 0.6) is 5.75 Å². The quantitative estimate of drug-likeness (QED) is 0.291. The van der Waals surface area contributed by atoms with Gasteiger partial charge in [-0.3, -0.25) is 9.59 Å². The Kier molecular flexibility index (Phi) is 10.4. The molecular weight excluding hydrogens is 540 g/mol. The summed E-state index contributed by atoms with van der Waals surface area (Å²) in [5.74, 6) is 0.475. The van der Waals surface area contributed by atoms with E-state index < -0.39 is 6.04 Å². The van der Waals surface area contributed by atoms with Crippen molar-refractivity contribution in [2.75, 3.05) is 13.2 Å². The number of benzene rings is 3. The van der Waals surface area contributed by atoms with Crippen molar-refractivity contribution in [3.05, 3.63) is 99.0 Å².